The topological polar surface area (TPSA) is 51.7 Å². The van der Waals surface area contributed by atoms with E-state index >= 15 is 0 Å². The van der Waals surface area contributed by atoms with E-state index in [1.54, 1.807) is 18.1 Å². The minimum Gasteiger partial charge on any atom is -0.454 e. The van der Waals surface area contributed by atoms with E-state index in [2.05, 4.69) is 4.98 Å². The van der Waals surface area contributed by atoms with Crippen LogP contribution in [-0.4, -0.2) is 29.6 Å². The van der Waals surface area contributed by atoms with Crippen molar-refractivity contribution in [2.45, 2.75) is 6.54 Å². The summed E-state index contributed by atoms with van der Waals surface area (Å²) in [6, 6.07) is 15.6. The van der Waals surface area contributed by atoms with Crippen molar-refractivity contribution in [3.63, 3.8) is 0 Å². The summed E-state index contributed by atoms with van der Waals surface area (Å²) in [6.45, 7) is 0.741. The summed E-state index contributed by atoms with van der Waals surface area (Å²) in [6.07, 6.45) is 1.64. The van der Waals surface area contributed by atoms with E-state index < -0.39 is 0 Å². The fourth-order valence-electron chi connectivity index (χ4n) is 2.66. The maximum absolute atomic E-state index is 12.7. The molecular formula is C19H16N2O3S. The number of carbonyl (C=O) groups is 1. The monoisotopic (exact) mass is 352 g/mol. The van der Waals surface area contributed by atoms with Crippen LogP contribution in [-0.2, 0) is 6.54 Å². The number of hydrogen-bond acceptors (Lipinski definition) is 5. The molecule has 1 aromatic heterocycles. The minimum atomic E-state index is -0.0441. The molecule has 0 saturated heterocycles. The number of carbonyl (C=O) groups excluding carboxylic acids is 1. The van der Waals surface area contributed by atoms with Gasteiger partial charge in [0.15, 0.2) is 11.5 Å². The van der Waals surface area contributed by atoms with Gasteiger partial charge in [-0.1, -0.05) is 36.4 Å². The normalized spacial score (nSPS) is 12.2. The Bertz CT molecular complexity index is 908. The molecule has 1 amide bonds. The average Bonchev–Trinajstić information content (AvgIpc) is 3.31. The van der Waals surface area contributed by atoms with Gasteiger partial charge in [0.25, 0.3) is 5.91 Å². The van der Waals surface area contributed by atoms with Crippen molar-refractivity contribution in [1.29, 1.82) is 0 Å². The third-order valence-electron chi connectivity index (χ3n) is 3.94. The van der Waals surface area contributed by atoms with Gasteiger partial charge in [0.05, 0.1) is 6.20 Å². The van der Waals surface area contributed by atoms with Crippen LogP contribution in [0.4, 0.5) is 0 Å². The maximum Gasteiger partial charge on any atom is 0.265 e. The molecule has 1 aliphatic rings. The average molecular weight is 352 g/mol. The van der Waals surface area contributed by atoms with E-state index in [1.807, 2.05) is 48.5 Å². The fraction of sp³-hybridized carbons (Fsp3) is 0.158. The highest BCUT2D eigenvalue weighted by molar-refractivity contribution is 7.16. The summed E-state index contributed by atoms with van der Waals surface area (Å²) in [5.74, 6) is 1.42. The highest BCUT2D eigenvalue weighted by Crippen LogP contribution is 2.33. The van der Waals surface area contributed by atoms with E-state index in [4.69, 9.17) is 9.47 Å². The molecule has 0 fully saturated rings. The van der Waals surface area contributed by atoms with Crippen LogP contribution in [0.25, 0.3) is 10.6 Å². The lowest BCUT2D eigenvalue weighted by molar-refractivity contribution is 0.0789. The van der Waals surface area contributed by atoms with Gasteiger partial charge in [0, 0.05) is 19.2 Å². The number of aromatic nitrogens is 1. The highest BCUT2D eigenvalue weighted by atomic mass is 32.1. The number of hydrogen-bond donors (Lipinski definition) is 0. The molecule has 0 N–H and O–H groups in total. The van der Waals surface area contributed by atoms with Gasteiger partial charge < -0.3 is 14.4 Å². The molecule has 0 spiro atoms. The van der Waals surface area contributed by atoms with Crippen molar-refractivity contribution in [3.8, 4) is 22.1 Å². The number of amides is 1. The Labute approximate surface area is 149 Å². The number of fused-ring (bicyclic) bond motifs is 1. The van der Waals surface area contributed by atoms with Gasteiger partial charge in [-0.3, -0.25) is 4.79 Å². The second-order valence-electron chi connectivity index (χ2n) is 5.74. The van der Waals surface area contributed by atoms with Gasteiger partial charge >= 0.3 is 0 Å². The number of nitrogens with zero attached hydrogens (tertiary/aromatic N) is 2. The van der Waals surface area contributed by atoms with Gasteiger partial charge in [-0.25, -0.2) is 4.98 Å². The van der Waals surface area contributed by atoms with Crippen molar-refractivity contribution >= 4 is 17.2 Å². The first-order chi connectivity index (χ1) is 12.2. The third-order valence-corrected chi connectivity index (χ3v) is 4.98. The molecule has 0 aliphatic carbocycles. The molecule has 0 saturated carbocycles. The molecule has 6 heteroatoms. The molecule has 0 atom stereocenters. The van der Waals surface area contributed by atoms with E-state index in [-0.39, 0.29) is 12.7 Å². The van der Waals surface area contributed by atoms with Crippen molar-refractivity contribution < 1.29 is 14.3 Å². The van der Waals surface area contributed by atoms with Crippen LogP contribution in [0.3, 0.4) is 0 Å². The van der Waals surface area contributed by atoms with Gasteiger partial charge in [-0.15, -0.1) is 11.3 Å². The van der Waals surface area contributed by atoms with Gasteiger partial charge in [-0.2, -0.15) is 0 Å². The van der Waals surface area contributed by atoms with Gasteiger partial charge in [0.1, 0.15) is 9.88 Å². The molecule has 1 aliphatic heterocycles. The van der Waals surface area contributed by atoms with Crippen LogP contribution < -0.4 is 9.47 Å². The summed E-state index contributed by atoms with van der Waals surface area (Å²) in [4.78, 5) is 19.4. The Morgan fingerprint density at radius 3 is 2.80 bits per heavy atom. The first-order valence-corrected chi connectivity index (χ1v) is 8.67. The van der Waals surface area contributed by atoms with Crippen LogP contribution in [0.1, 0.15) is 15.2 Å². The maximum atomic E-state index is 12.7. The molecule has 5 nitrogen and oxygen atoms in total. The molecule has 4 rings (SSSR count). The zero-order valence-corrected chi connectivity index (χ0v) is 14.5. The zero-order chi connectivity index (χ0) is 17.2. The second-order valence-corrected chi connectivity index (χ2v) is 6.78. The summed E-state index contributed by atoms with van der Waals surface area (Å²) in [7, 11) is 1.79. The molecule has 2 heterocycles. The molecule has 0 unspecified atom stereocenters. The lowest BCUT2D eigenvalue weighted by atomic mass is 10.2. The Morgan fingerprint density at radius 2 is 1.96 bits per heavy atom. The standard InChI is InChI=1S/C19H16N2O3S/c1-21(11-13-7-8-15-16(9-13)24-12-23-15)19(22)17-10-20-18(25-17)14-5-3-2-4-6-14/h2-10H,11-12H2,1H3. The lowest BCUT2D eigenvalue weighted by Crippen LogP contribution is -2.25. The molecule has 0 radical (unpaired) electrons. The number of ether oxygens (including phenoxy) is 2. The van der Waals surface area contributed by atoms with Crippen molar-refractivity contribution in [3.05, 3.63) is 65.2 Å². The van der Waals surface area contributed by atoms with E-state index in [0.29, 0.717) is 11.4 Å². The molecular weight excluding hydrogens is 336 g/mol. The van der Waals surface area contributed by atoms with Crippen LogP contribution >= 0.6 is 11.3 Å². The largest absolute Gasteiger partial charge is 0.454 e. The van der Waals surface area contributed by atoms with Crippen LogP contribution in [0.15, 0.2) is 54.7 Å². The first kappa shape index (κ1) is 15.7. The molecule has 25 heavy (non-hydrogen) atoms. The third kappa shape index (κ3) is 3.21. The lowest BCUT2D eigenvalue weighted by Gasteiger charge is -2.16. The number of thiazole rings is 1. The van der Waals surface area contributed by atoms with Crippen LogP contribution in [0, 0.1) is 0 Å². The molecule has 3 aromatic rings. The Hall–Kier alpha value is -2.86. The van der Waals surface area contributed by atoms with Gasteiger partial charge in [-0.05, 0) is 17.7 Å². The Balaban J connectivity index is 1.48. The molecule has 126 valence electrons. The van der Waals surface area contributed by atoms with Crippen molar-refractivity contribution in [1.82, 2.24) is 9.88 Å². The Morgan fingerprint density at radius 1 is 1.16 bits per heavy atom. The van der Waals surface area contributed by atoms with Crippen molar-refractivity contribution in [2.75, 3.05) is 13.8 Å². The van der Waals surface area contributed by atoms with Crippen LogP contribution in [0.5, 0.6) is 11.5 Å². The highest BCUT2D eigenvalue weighted by Gasteiger charge is 2.18. The summed E-state index contributed by atoms with van der Waals surface area (Å²) in [5.41, 5.74) is 2.01. The predicted octanol–water partition coefficient (Wildman–Crippen LogP) is 3.81. The summed E-state index contributed by atoms with van der Waals surface area (Å²) in [5, 5.41) is 0.848. The Kier molecular flexibility index (Phi) is 4.11. The number of benzene rings is 2. The number of rotatable bonds is 4. The minimum absolute atomic E-state index is 0.0441. The molecule has 2 aromatic carbocycles. The second kappa shape index (κ2) is 6.57. The summed E-state index contributed by atoms with van der Waals surface area (Å²) >= 11 is 1.41. The van der Waals surface area contributed by atoms with E-state index in [9.17, 15) is 4.79 Å². The summed E-state index contributed by atoms with van der Waals surface area (Å²) < 4.78 is 10.7. The SMILES string of the molecule is CN(Cc1ccc2c(c1)OCO2)C(=O)c1cnc(-c2ccccc2)s1. The molecule has 0 bridgehead atoms. The first-order valence-electron chi connectivity index (χ1n) is 7.86. The smallest absolute Gasteiger partial charge is 0.265 e. The predicted molar refractivity (Wildman–Crippen MR) is 95.9 cm³/mol. The van der Waals surface area contributed by atoms with Crippen LogP contribution in [0.2, 0.25) is 0 Å². The fourth-order valence-corrected chi connectivity index (χ4v) is 3.58. The quantitative estimate of drug-likeness (QED) is 0.716. The zero-order valence-electron chi connectivity index (χ0n) is 13.6. The van der Waals surface area contributed by atoms with E-state index in [0.717, 1.165) is 27.6 Å². The van der Waals surface area contributed by atoms with Crippen molar-refractivity contribution in [2.24, 2.45) is 0 Å². The van der Waals surface area contributed by atoms with Gasteiger partial charge in [0.2, 0.25) is 6.79 Å². The van der Waals surface area contributed by atoms with E-state index in [1.165, 1.54) is 11.3 Å².